The van der Waals surface area contributed by atoms with Crippen LogP contribution in [0, 0.1) is 11.8 Å². The van der Waals surface area contributed by atoms with E-state index in [2.05, 4.69) is 5.32 Å². The van der Waals surface area contributed by atoms with Gasteiger partial charge in [-0.05, 0) is 36.1 Å². The standard InChI is InChI=1S/C35H38N2O9/c1-19(2)31(38)36-25-11-8-16-37(25)32(39)28-26(20-9-6-5-7-10-20)35(21-12-14-22(42-3)15-13-21)33(40)34(28,41)27-23(46-35)17-24-29(30(27)43-4)45-18-44-24/h5-7,9-10,12-15,17,19,25-26,28,33,40-41H,8,11,16,18H2,1-4H3,(H,36,38)/t25-,26+,28-,33+,34+,35+/m1/s1. The summed E-state index contributed by atoms with van der Waals surface area (Å²) in [6, 6.07) is 18.0. The summed E-state index contributed by atoms with van der Waals surface area (Å²) in [4.78, 5) is 29.6. The molecule has 46 heavy (non-hydrogen) atoms. The van der Waals surface area contributed by atoms with E-state index in [9.17, 15) is 15.0 Å². The quantitative estimate of drug-likeness (QED) is 0.359. The Bertz CT molecular complexity index is 1660. The van der Waals surface area contributed by atoms with Gasteiger partial charge in [-0.15, -0.1) is 0 Å². The van der Waals surface area contributed by atoms with Crippen LogP contribution < -0.4 is 29.0 Å². The van der Waals surface area contributed by atoms with Crippen molar-refractivity contribution in [3.05, 3.63) is 77.4 Å². The second-order valence-electron chi connectivity index (χ2n) is 12.6. The summed E-state index contributed by atoms with van der Waals surface area (Å²) < 4.78 is 29.6. The van der Waals surface area contributed by atoms with Gasteiger partial charge in [-0.2, -0.15) is 0 Å². The van der Waals surface area contributed by atoms with Crippen LogP contribution in [-0.2, 0) is 20.8 Å². The minimum Gasteiger partial charge on any atom is -0.497 e. The van der Waals surface area contributed by atoms with E-state index < -0.39 is 41.2 Å². The Morgan fingerprint density at radius 3 is 2.43 bits per heavy atom. The molecule has 6 atom stereocenters. The fourth-order valence-corrected chi connectivity index (χ4v) is 7.78. The van der Waals surface area contributed by atoms with Crippen molar-refractivity contribution >= 4 is 11.8 Å². The maximum absolute atomic E-state index is 15.1. The zero-order valence-electron chi connectivity index (χ0n) is 26.2. The average molecular weight is 631 g/mol. The van der Waals surface area contributed by atoms with Gasteiger partial charge in [0.25, 0.3) is 0 Å². The van der Waals surface area contributed by atoms with E-state index in [1.54, 1.807) is 56.2 Å². The Morgan fingerprint density at radius 2 is 1.76 bits per heavy atom. The Labute approximate surface area is 267 Å². The minimum absolute atomic E-state index is 0.0702. The highest BCUT2D eigenvalue weighted by Gasteiger charge is 2.77. The summed E-state index contributed by atoms with van der Waals surface area (Å²) in [6.45, 7) is 3.89. The highest BCUT2D eigenvalue weighted by Crippen LogP contribution is 2.70. The molecule has 0 unspecified atom stereocenters. The highest BCUT2D eigenvalue weighted by atomic mass is 16.7. The van der Waals surface area contributed by atoms with Gasteiger partial charge in [0.1, 0.15) is 29.4 Å². The second-order valence-corrected chi connectivity index (χ2v) is 12.6. The number of ether oxygens (including phenoxy) is 5. The number of benzene rings is 3. The third-order valence-corrected chi connectivity index (χ3v) is 9.89. The van der Waals surface area contributed by atoms with Crippen molar-refractivity contribution in [2.75, 3.05) is 27.6 Å². The van der Waals surface area contributed by atoms with Crippen LogP contribution in [0.25, 0.3) is 0 Å². The van der Waals surface area contributed by atoms with Gasteiger partial charge in [-0.25, -0.2) is 0 Å². The van der Waals surface area contributed by atoms with Crippen molar-refractivity contribution in [2.24, 2.45) is 11.8 Å². The molecule has 242 valence electrons. The molecule has 2 fully saturated rings. The van der Waals surface area contributed by atoms with E-state index in [1.807, 2.05) is 30.3 Å². The lowest BCUT2D eigenvalue weighted by Gasteiger charge is -2.45. The van der Waals surface area contributed by atoms with Crippen LogP contribution in [0.5, 0.6) is 28.7 Å². The smallest absolute Gasteiger partial charge is 0.231 e. The average Bonchev–Trinajstić information content (AvgIpc) is 3.76. The van der Waals surface area contributed by atoms with Gasteiger partial charge in [0.2, 0.25) is 24.4 Å². The molecule has 3 N–H and O–H groups in total. The molecule has 3 heterocycles. The number of carbonyl (C=O) groups excluding carboxylic acids is 2. The summed E-state index contributed by atoms with van der Waals surface area (Å²) in [5.74, 6) is -1.54. The summed E-state index contributed by atoms with van der Waals surface area (Å²) in [5.41, 5.74) is -2.55. The number of amides is 2. The molecule has 3 aliphatic heterocycles. The van der Waals surface area contributed by atoms with Gasteiger partial charge in [-0.3, -0.25) is 9.59 Å². The molecule has 3 aromatic rings. The molecule has 2 amide bonds. The lowest BCUT2D eigenvalue weighted by atomic mass is 9.75. The topological polar surface area (TPSA) is 136 Å². The van der Waals surface area contributed by atoms with Gasteiger partial charge in [0.05, 0.1) is 25.7 Å². The maximum atomic E-state index is 15.1. The number of nitrogens with one attached hydrogen (secondary N) is 1. The second kappa shape index (κ2) is 11.1. The van der Waals surface area contributed by atoms with Crippen molar-refractivity contribution in [2.45, 2.75) is 56.1 Å². The van der Waals surface area contributed by atoms with E-state index in [-0.39, 0.29) is 41.4 Å². The van der Waals surface area contributed by atoms with E-state index >= 15 is 4.79 Å². The zero-order valence-corrected chi connectivity index (χ0v) is 26.2. The van der Waals surface area contributed by atoms with Crippen LogP contribution in [0.2, 0.25) is 0 Å². The number of fused-ring (bicyclic) bond motifs is 5. The van der Waals surface area contributed by atoms with Crippen molar-refractivity contribution in [3.8, 4) is 28.7 Å². The predicted molar refractivity (Wildman–Crippen MR) is 165 cm³/mol. The molecule has 1 saturated carbocycles. The third-order valence-electron chi connectivity index (χ3n) is 9.89. The lowest BCUT2D eigenvalue weighted by Crippen LogP contribution is -2.56. The normalized spacial score (nSPS) is 28.9. The summed E-state index contributed by atoms with van der Waals surface area (Å²) in [6.07, 6.45) is -0.999. The van der Waals surface area contributed by atoms with Gasteiger partial charge < -0.3 is 44.1 Å². The Kier molecular flexibility index (Phi) is 7.28. The number of hydrogen-bond acceptors (Lipinski definition) is 9. The molecule has 7 rings (SSSR count). The molecule has 0 radical (unpaired) electrons. The first-order valence-corrected chi connectivity index (χ1v) is 15.6. The first-order chi connectivity index (χ1) is 22.2. The minimum atomic E-state index is -2.23. The number of nitrogens with zero attached hydrogens (tertiary/aromatic N) is 1. The Hall–Kier alpha value is -4.48. The van der Waals surface area contributed by atoms with Crippen LogP contribution in [0.3, 0.4) is 0 Å². The zero-order chi connectivity index (χ0) is 32.4. The van der Waals surface area contributed by atoms with Gasteiger partial charge in [0, 0.05) is 24.4 Å². The van der Waals surface area contributed by atoms with E-state index in [1.165, 1.54) is 7.11 Å². The van der Waals surface area contributed by atoms with E-state index in [0.29, 0.717) is 42.0 Å². The number of aliphatic hydroxyl groups excluding tert-OH is 1. The summed E-state index contributed by atoms with van der Waals surface area (Å²) in [7, 11) is 2.99. The first-order valence-electron chi connectivity index (χ1n) is 15.6. The molecule has 2 bridgehead atoms. The number of hydrogen-bond donors (Lipinski definition) is 3. The molecule has 11 nitrogen and oxygen atoms in total. The number of methoxy groups -OCH3 is 2. The predicted octanol–water partition coefficient (Wildman–Crippen LogP) is 3.40. The molecule has 11 heteroatoms. The van der Waals surface area contributed by atoms with Gasteiger partial charge in [-0.1, -0.05) is 56.3 Å². The number of rotatable bonds is 7. The SMILES string of the molecule is COc1ccc([C@]23Oc4cc5c(c(OC)c4[C@](O)([C@@H](C(=O)N4CCC[C@@H]4NC(=O)C(C)C)[C@@H]2c2ccccc2)[C@@H]3O)OCO5)cc1. The molecule has 0 spiro atoms. The van der Waals surface area contributed by atoms with Crippen molar-refractivity contribution in [3.63, 3.8) is 0 Å². The van der Waals surface area contributed by atoms with Crippen molar-refractivity contribution < 1.29 is 43.5 Å². The lowest BCUT2D eigenvalue weighted by molar-refractivity contribution is -0.167. The monoisotopic (exact) mass is 630 g/mol. The number of likely N-dealkylation sites (tertiary alicyclic amines) is 1. The molecule has 3 aromatic carbocycles. The fourth-order valence-electron chi connectivity index (χ4n) is 7.78. The summed E-state index contributed by atoms with van der Waals surface area (Å²) >= 11 is 0. The number of carbonyl (C=O) groups is 2. The van der Waals surface area contributed by atoms with Gasteiger partial charge >= 0.3 is 0 Å². The molecule has 1 saturated heterocycles. The van der Waals surface area contributed by atoms with Crippen LogP contribution in [-0.4, -0.2) is 66.8 Å². The molecule has 1 aliphatic carbocycles. The van der Waals surface area contributed by atoms with Gasteiger partial charge in [0.15, 0.2) is 17.1 Å². The Balaban J connectivity index is 1.49. The van der Waals surface area contributed by atoms with Crippen LogP contribution >= 0.6 is 0 Å². The van der Waals surface area contributed by atoms with Crippen molar-refractivity contribution in [1.82, 2.24) is 10.2 Å². The largest absolute Gasteiger partial charge is 0.497 e. The van der Waals surface area contributed by atoms with E-state index in [0.717, 1.165) is 0 Å². The number of aliphatic hydroxyl groups is 2. The summed E-state index contributed by atoms with van der Waals surface area (Å²) in [5, 5.41) is 28.9. The third kappa shape index (κ3) is 4.17. The van der Waals surface area contributed by atoms with Crippen LogP contribution in [0.1, 0.15) is 49.3 Å². The molecular weight excluding hydrogens is 592 g/mol. The highest BCUT2D eigenvalue weighted by molar-refractivity contribution is 5.86. The fraction of sp³-hybridized carbons (Fsp3) is 0.429. The molecule has 0 aromatic heterocycles. The molecule has 4 aliphatic rings. The van der Waals surface area contributed by atoms with Crippen molar-refractivity contribution in [1.29, 1.82) is 0 Å². The first kappa shape index (κ1) is 30.2. The Morgan fingerprint density at radius 1 is 1.02 bits per heavy atom. The van der Waals surface area contributed by atoms with E-state index in [4.69, 9.17) is 23.7 Å². The molecular formula is C35H38N2O9. The van der Waals surface area contributed by atoms with Crippen LogP contribution in [0.15, 0.2) is 60.7 Å². The van der Waals surface area contributed by atoms with Crippen LogP contribution in [0.4, 0.5) is 0 Å². The maximum Gasteiger partial charge on any atom is 0.231 e.